The summed E-state index contributed by atoms with van der Waals surface area (Å²) in [6.45, 7) is 10.9. The lowest BCUT2D eigenvalue weighted by Crippen LogP contribution is -2.41. The van der Waals surface area contributed by atoms with E-state index in [1.54, 1.807) is 12.1 Å². The van der Waals surface area contributed by atoms with Crippen LogP contribution in [0.3, 0.4) is 0 Å². The minimum Gasteiger partial charge on any atom is -0.399 e. The van der Waals surface area contributed by atoms with Crippen LogP contribution in [0.5, 0.6) is 0 Å². The van der Waals surface area contributed by atoms with Crippen LogP contribution in [0.25, 0.3) is 0 Å². The number of carbonyl (C=O) groups excluding carboxylic acids is 1. The number of benzene rings is 2. The largest absolute Gasteiger partial charge is 0.494 e. The average Bonchev–Trinajstić information content (AvgIpc) is 2.98. The molecule has 0 saturated carbocycles. The third kappa shape index (κ3) is 5.58. The summed E-state index contributed by atoms with van der Waals surface area (Å²) in [5.74, 6) is 0. The van der Waals surface area contributed by atoms with Crippen LogP contribution in [0, 0.1) is 11.3 Å². The summed E-state index contributed by atoms with van der Waals surface area (Å²) in [7, 11) is 1.72. The van der Waals surface area contributed by atoms with Gasteiger partial charge in [0.05, 0.1) is 29.4 Å². The van der Waals surface area contributed by atoms with E-state index in [1.807, 2.05) is 17.0 Å². The molecule has 0 amide bonds. The Bertz CT molecular complexity index is 936. The van der Waals surface area contributed by atoms with E-state index >= 15 is 0 Å². The highest BCUT2D eigenvalue weighted by Crippen LogP contribution is 2.36. The second kappa shape index (κ2) is 9.87. The molecule has 6 nitrogen and oxygen atoms in total. The average molecular weight is 433 g/mol. The van der Waals surface area contributed by atoms with E-state index < -0.39 is 0 Å². The normalized spacial score (nSPS) is 16.7. The molecule has 168 valence electrons. The Balaban J connectivity index is 1.55. The number of nitriles is 1. The van der Waals surface area contributed by atoms with Crippen molar-refractivity contribution >= 4 is 24.6 Å². The minimum atomic E-state index is -0.351. The van der Waals surface area contributed by atoms with Crippen LogP contribution in [0.2, 0.25) is 0 Å². The first-order chi connectivity index (χ1) is 15.1. The predicted molar refractivity (Wildman–Crippen MR) is 128 cm³/mol. The van der Waals surface area contributed by atoms with Gasteiger partial charge in [-0.25, -0.2) is 0 Å². The van der Waals surface area contributed by atoms with Crippen molar-refractivity contribution in [3.8, 4) is 6.07 Å². The zero-order valence-electron chi connectivity index (χ0n) is 19.7. The van der Waals surface area contributed by atoms with Crippen LogP contribution in [-0.2, 0) is 20.6 Å². The first-order valence-corrected chi connectivity index (χ1v) is 11.0. The van der Waals surface area contributed by atoms with Gasteiger partial charge in [-0.1, -0.05) is 24.3 Å². The number of rotatable bonds is 9. The molecule has 0 radical (unpaired) electrons. The van der Waals surface area contributed by atoms with E-state index in [-0.39, 0.29) is 18.3 Å². The molecule has 0 N–H and O–H groups in total. The van der Waals surface area contributed by atoms with Crippen molar-refractivity contribution in [2.24, 2.45) is 0 Å². The van der Waals surface area contributed by atoms with Gasteiger partial charge in [-0.3, -0.25) is 0 Å². The summed E-state index contributed by atoms with van der Waals surface area (Å²) in [6.07, 6.45) is 0.909. The molecule has 3 rings (SSSR count). The van der Waals surface area contributed by atoms with Crippen molar-refractivity contribution in [2.75, 3.05) is 31.6 Å². The lowest BCUT2D eigenvalue weighted by Gasteiger charge is -2.32. The van der Waals surface area contributed by atoms with Gasteiger partial charge in [0.25, 0.3) is 0 Å². The number of hydrogen-bond donors (Lipinski definition) is 0. The lowest BCUT2D eigenvalue weighted by molar-refractivity contribution is -0.106. The van der Waals surface area contributed by atoms with Crippen LogP contribution < -0.4 is 10.4 Å². The number of hydrogen-bond acceptors (Lipinski definition) is 6. The van der Waals surface area contributed by atoms with E-state index in [4.69, 9.17) is 14.6 Å². The first kappa shape index (κ1) is 24.0. The molecule has 0 atom stereocenters. The van der Waals surface area contributed by atoms with Crippen LogP contribution in [-0.4, -0.2) is 56.2 Å². The Hall–Kier alpha value is -2.66. The molecule has 1 aliphatic heterocycles. The molecule has 0 bridgehead atoms. The highest BCUT2D eigenvalue weighted by molar-refractivity contribution is 6.62. The molecule has 2 aromatic rings. The van der Waals surface area contributed by atoms with Crippen molar-refractivity contribution < 1.29 is 14.1 Å². The molecule has 32 heavy (non-hydrogen) atoms. The molecule has 1 aliphatic rings. The third-order valence-electron chi connectivity index (χ3n) is 6.37. The molecular formula is C25H32BN3O3. The molecular weight excluding hydrogens is 401 g/mol. The molecule has 1 heterocycles. The molecule has 0 aliphatic carbocycles. The molecule has 1 saturated heterocycles. The first-order valence-electron chi connectivity index (χ1n) is 11.0. The second-order valence-electron chi connectivity index (χ2n) is 9.34. The summed E-state index contributed by atoms with van der Waals surface area (Å²) in [4.78, 5) is 15.4. The predicted octanol–water partition coefficient (Wildman–Crippen LogP) is 2.99. The van der Waals surface area contributed by atoms with Crippen LogP contribution in [0.1, 0.15) is 38.8 Å². The topological polar surface area (TPSA) is 65.8 Å². The Morgan fingerprint density at radius 3 is 2.09 bits per heavy atom. The van der Waals surface area contributed by atoms with Crippen molar-refractivity contribution in [3.63, 3.8) is 0 Å². The van der Waals surface area contributed by atoms with Crippen molar-refractivity contribution in [1.82, 2.24) is 4.90 Å². The van der Waals surface area contributed by atoms with E-state index in [1.165, 1.54) is 5.56 Å². The summed E-state index contributed by atoms with van der Waals surface area (Å²) < 4.78 is 12.3. The molecule has 0 aromatic heterocycles. The van der Waals surface area contributed by atoms with Gasteiger partial charge in [0.1, 0.15) is 6.29 Å². The van der Waals surface area contributed by atoms with E-state index in [9.17, 15) is 4.79 Å². The number of carbonyl (C=O) groups is 1. The quantitative estimate of drug-likeness (QED) is 0.448. The fourth-order valence-electron chi connectivity index (χ4n) is 3.60. The van der Waals surface area contributed by atoms with Gasteiger partial charge in [-0.05, 0) is 70.0 Å². The van der Waals surface area contributed by atoms with Crippen LogP contribution >= 0.6 is 0 Å². The molecule has 2 aromatic carbocycles. The molecule has 7 heteroatoms. The fourth-order valence-corrected chi connectivity index (χ4v) is 3.60. The van der Waals surface area contributed by atoms with E-state index in [0.717, 1.165) is 30.5 Å². The number of nitrogens with zero attached hydrogens (tertiary/aromatic N) is 3. The van der Waals surface area contributed by atoms with Gasteiger partial charge in [0, 0.05) is 25.3 Å². The van der Waals surface area contributed by atoms with Gasteiger partial charge in [-0.2, -0.15) is 5.26 Å². The Kier molecular flexibility index (Phi) is 7.40. The Labute approximate surface area is 191 Å². The van der Waals surface area contributed by atoms with Gasteiger partial charge in [0.15, 0.2) is 0 Å². The van der Waals surface area contributed by atoms with E-state index in [0.29, 0.717) is 18.7 Å². The summed E-state index contributed by atoms with van der Waals surface area (Å²) in [5.41, 5.74) is 3.08. The molecule has 1 fully saturated rings. The third-order valence-corrected chi connectivity index (χ3v) is 6.37. The summed E-state index contributed by atoms with van der Waals surface area (Å²) in [5, 5.41) is 8.97. The number of aldehydes is 1. The zero-order chi connectivity index (χ0) is 23.4. The molecule has 0 unspecified atom stereocenters. The highest BCUT2D eigenvalue weighted by Gasteiger charge is 2.51. The van der Waals surface area contributed by atoms with Crippen molar-refractivity contribution in [3.05, 3.63) is 59.7 Å². The summed E-state index contributed by atoms with van der Waals surface area (Å²) >= 11 is 0. The Morgan fingerprint density at radius 1 is 0.969 bits per heavy atom. The van der Waals surface area contributed by atoms with Gasteiger partial charge < -0.3 is 23.9 Å². The van der Waals surface area contributed by atoms with E-state index in [2.05, 4.69) is 70.0 Å². The standard InChI is InChI=1S/C25H32BN3O3/c1-24(2)25(3,4)32-26(31-24)22-10-6-21(7-11-22)19-28(5)14-15-29(16-17-30)23-12-8-20(18-27)9-13-23/h6-13,17H,14-16,19H2,1-5H3. The SMILES string of the molecule is CN(CCN(CC=O)c1ccc(C#N)cc1)Cc1ccc(B2OC(C)(C)C(C)(C)O2)cc1. The summed E-state index contributed by atoms with van der Waals surface area (Å²) in [6, 6.07) is 17.8. The fraction of sp³-hybridized carbons (Fsp3) is 0.440. The molecule has 0 spiro atoms. The minimum absolute atomic E-state index is 0.322. The highest BCUT2D eigenvalue weighted by atomic mass is 16.7. The Morgan fingerprint density at radius 2 is 1.56 bits per heavy atom. The van der Waals surface area contributed by atoms with Gasteiger partial charge in [0.2, 0.25) is 0 Å². The maximum absolute atomic E-state index is 11.1. The van der Waals surface area contributed by atoms with Crippen LogP contribution in [0.15, 0.2) is 48.5 Å². The maximum atomic E-state index is 11.1. The van der Waals surface area contributed by atoms with Crippen molar-refractivity contribution in [2.45, 2.75) is 45.4 Å². The number of anilines is 1. The van der Waals surface area contributed by atoms with Crippen LogP contribution in [0.4, 0.5) is 5.69 Å². The van der Waals surface area contributed by atoms with Crippen molar-refractivity contribution in [1.29, 1.82) is 5.26 Å². The second-order valence-corrected chi connectivity index (χ2v) is 9.34. The smallest absolute Gasteiger partial charge is 0.399 e. The maximum Gasteiger partial charge on any atom is 0.494 e. The zero-order valence-corrected chi connectivity index (χ0v) is 19.7. The van der Waals surface area contributed by atoms with Gasteiger partial charge in [-0.15, -0.1) is 0 Å². The number of likely N-dealkylation sites (N-methyl/N-ethyl adjacent to an activating group) is 1. The monoisotopic (exact) mass is 433 g/mol. The lowest BCUT2D eigenvalue weighted by atomic mass is 9.79. The van der Waals surface area contributed by atoms with Gasteiger partial charge >= 0.3 is 7.12 Å².